The first kappa shape index (κ1) is 22.6. The van der Waals surface area contributed by atoms with Gasteiger partial charge in [0.05, 0.1) is 6.21 Å². The van der Waals surface area contributed by atoms with Crippen LogP contribution in [0.5, 0.6) is 0 Å². The van der Waals surface area contributed by atoms with E-state index in [9.17, 15) is 9.59 Å². The van der Waals surface area contributed by atoms with Crippen LogP contribution in [-0.4, -0.2) is 22.6 Å². The van der Waals surface area contributed by atoms with Gasteiger partial charge in [-0.1, -0.05) is 41.9 Å². The number of anilines is 1. The van der Waals surface area contributed by atoms with E-state index < -0.39 is 0 Å². The van der Waals surface area contributed by atoms with E-state index in [2.05, 4.69) is 51.6 Å². The second kappa shape index (κ2) is 9.88. The lowest BCUT2D eigenvalue weighted by molar-refractivity contribution is -0.124. The Bertz CT molecular complexity index is 1370. The van der Waals surface area contributed by atoms with Crippen LogP contribution in [0.15, 0.2) is 65.8 Å². The Hall–Kier alpha value is -3.64. The number of carbonyl (C=O) groups excluding carboxylic acids is 2. The lowest BCUT2D eigenvalue weighted by Crippen LogP contribution is -2.20. The molecule has 0 radical (unpaired) electrons. The third-order valence-electron chi connectivity index (χ3n) is 5.64. The van der Waals surface area contributed by atoms with E-state index >= 15 is 0 Å². The Morgan fingerprint density at radius 3 is 2.55 bits per heavy atom. The first-order valence-corrected chi connectivity index (χ1v) is 11.2. The van der Waals surface area contributed by atoms with Crippen LogP contribution in [0.2, 0.25) is 5.02 Å². The number of aromatic nitrogens is 1. The molecule has 0 bridgehead atoms. The van der Waals surface area contributed by atoms with Crippen molar-refractivity contribution in [2.45, 2.75) is 33.2 Å². The number of hydrogen-bond donors (Lipinski definition) is 2. The molecule has 1 aromatic heterocycles. The van der Waals surface area contributed by atoms with Crippen LogP contribution in [0.3, 0.4) is 0 Å². The minimum Gasteiger partial charge on any atom is -0.341 e. The number of aryl methyl sites for hydroxylation is 1. The number of rotatable bonds is 7. The van der Waals surface area contributed by atoms with Gasteiger partial charge < -0.3 is 9.88 Å². The van der Waals surface area contributed by atoms with Gasteiger partial charge in [0.25, 0.3) is 0 Å². The third-order valence-corrected chi connectivity index (χ3v) is 6.05. The Morgan fingerprint density at radius 1 is 0.970 bits per heavy atom. The molecule has 7 heteroatoms. The Labute approximate surface area is 197 Å². The molecule has 0 spiro atoms. The highest BCUT2D eigenvalue weighted by Crippen LogP contribution is 2.29. The van der Waals surface area contributed by atoms with Crippen molar-refractivity contribution in [2.24, 2.45) is 5.10 Å². The van der Waals surface area contributed by atoms with E-state index in [1.165, 1.54) is 16.4 Å². The smallest absolute Gasteiger partial charge is 0.240 e. The highest BCUT2D eigenvalue weighted by Gasteiger charge is 2.10. The molecular weight excluding hydrogens is 436 g/mol. The quantitative estimate of drug-likeness (QED) is 0.276. The Morgan fingerprint density at radius 2 is 1.73 bits per heavy atom. The maximum Gasteiger partial charge on any atom is 0.240 e. The van der Waals surface area contributed by atoms with Gasteiger partial charge in [-0.05, 0) is 55.3 Å². The summed E-state index contributed by atoms with van der Waals surface area (Å²) in [6.45, 7) is 4.85. The van der Waals surface area contributed by atoms with E-state index in [0.29, 0.717) is 10.7 Å². The molecule has 1 heterocycles. The molecule has 0 aliphatic heterocycles. The van der Waals surface area contributed by atoms with Crippen molar-refractivity contribution in [3.8, 4) is 0 Å². The average Bonchev–Trinajstić information content (AvgIpc) is 3.14. The average molecular weight is 461 g/mol. The van der Waals surface area contributed by atoms with Gasteiger partial charge in [0.15, 0.2) is 0 Å². The lowest BCUT2D eigenvalue weighted by atomic mass is 10.1. The number of carbonyl (C=O) groups is 2. The number of nitrogens with one attached hydrogen (secondary N) is 2. The fourth-order valence-corrected chi connectivity index (χ4v) is 4.08. The number of fused-ring (bicyclic) bond motifs is 3. The van der Waals surface area contributed by atoms with Crippen molar-refractivity contribution in [3.05, 3.63) is 76.8 Å². The normalized spacial score (nSPS) is 11.4. The van der Waals surface area contributed by atoms with Gasteiger partial charge in [-0.25, -0.2) is 5.43 Å². The van der Waals surface area contributed by atoms with Crippen LogP contribution in [0.25, 0.3) is 21.8 Å². The van der Waals surface area contributed by atoms with Crippen molar-refractivity contribution >= 4 is 57.1 Å². The number of benzene rings is 3. The molecule has 0 saturated heterocycles. The van der Waals surface area contributed by atoms with E-state index in [-0.39, 0.29) is 24.7 Å². The molecule has 2 N–H and O–H groups in total. The second-order valence-corrected chi connectivity index (χ2v) is 8.20. The van der Waals surface area contributed by atoms with Crippen LogP contribution in [0, 0.1) is 6.92 Å². The topological polar surface area (TPSA) is 75.5 Å². The zero-order chi connectivity index (χ0) is 23.4. The Kier molecular flexibility index (Phi) is 6.75. The molecule has 4 aromatic rings. The third kappa shape index (κ3) is 4.91. The predicted octanol–water partition coefficient (Wildman–Crippen LogP) is 5.65. The predicted molar refractivity (Wildman–Crippen MR) is 135 cm³/mol. The molecule has 4 rings (SSSR count). The summed E-state index contributed by atoms with van der Waals surface area (Å²) in [5, 5.41) is 9.76. The van der Waals surface area contributed by atoms with Gasteiger partial charge in [-0.2, -0.15) is 5.10 Å². The number of hydrazone groups is 1. The summed E-state index contributed by atoms with van der Waals surface area (Å²) in [5.74, 6) is -0.579. The van der Waals surface area contributed by atoms with Crippen molar-refractivity contribution in [2.75, 3.05) is 5.32 Å². The zero-order valence-electron chi connectivity index (χ0n) is 18.6. The first-order chi connectivity index (χ1) is 16.0. The van der Waals surface area contributed by atoms with Gasteiger partial charge in [0.1, 0.15) is 0 Å². The molecule has 0 fully saturated rings. The highest BCUT2D eigenvalue weighted by molar-refractivity contribution is 6.31. The van der Waals surface area contributed by atoms with Crippen molar-refractivity contribution in [3.63, 3.8) is 0 Å². The van der Waals surface area contributed by atoms with E-state index in [1.807, 2.05) is 25.1 Å². The summed E-state index contributed by atoms with van der Waals surface area (Å²) in [4.78, 5) is 24.3. The van der Waals surface area contributed by atoms with E-state index in [1.54, 1.807) is 24.4 Å². The monoisotopic (exact) mass is 460 g/mol. The summed E-state index contributed by atoms with van der Waals surface area (Å²) in [7, 11) is 0. The number of halogens is 1. The molecular formula is C26H25ClN4O2. The van der Waals surface area contributed by atoms with Crippen molar-refractivity contribution in [1.29, 1.82) is 0 Å². The molecule has 0 aliphatic carbocycles. The molecule has 2 amide bonds. The summed E-state index contributed by atoms with van der Waals surface area (Å²) >= 11 is 6.07. The summed E-state index contributed by atoms with van der Waals surface area (Å²) in [5.41, 5.74) is 7.18. The maximum atomic E-state index is 12.2. The van der Waals surface area contributed by atoms with Crippen LogP contribution < -0.4 is 10.7 Å². The Balaban J connectivity index is 1.36. The van der Waals surface area contributed by atoms with Crippen LogP contribution in [-0.2, 0) is 16.1 Å². The highest BCUT2D eigenvalue weighted by atomic mass is 35.5. The molecule has 0 atom stereocenters. The van der Waals surface area contributed by atoms with Gasteiger partial charge in [0, 0.05) is 51.9 Å². The van der Waals surface area contributed by atoms with Gasteiger partial charge in [-0.3, -0.25) is 9.59 Å². The standard InChI is InChI=1S/C26H25ClN4O2/c1-3-31-23-10-5-4-7-19(23)20-15-18(11-12-24(20)31)16-28-30-26(33)14-13-25(32)29-22-9-6-8-21(27)17(22)2/h4-12,15-16H,3,13-14H2,1-2H3,(H,29,32)(H,30,33)/b28-16+. The van der Waals surface area contributed by atoms with Crippen molar-refractivity contribution in [1.82, 2.24) is 9.99 Å². The maximum absolute atomic E-state index is 12.2. The zero-order valence-corrected chi connectivity index (χ0v) is 19.3. The number of amides is 2. The fourth-order valence-electron chi connectivity index (χ4n) is 3.91. The fraction of sp³-hybridized carbons (Fsp3) is 0.192. The summed E-state index contributed by atoms with van der Waals surface area (Å²) in [6.07, 6.45) is 1.70. The second-order valence-electron chi connectivity index (χ2n) is 7.79. The summed E-state index contributed by atoms with van der Waals surface area (Å²) in [6, 6.07) is 19.7. The molecule has 0 unspecified atom stereocenters. The van der Waals surface area contributed by atoms with Gasteiger partial charge in [0.2, 0.25) is 11.8 Å². The minimum atomic E-state index is -0.326. The van der Waals surface area contributed by atoms with Crippen molar-refractivity contribution < 1.29 is 9.59 Å². The largest absolute Gasteiger partial charge is 0.341 e. The van der Waals surface area contributed by atoms with Gasteiger partial charge >= 0.3 is 0 Å². The summed E-state index contributed by atoms with van der Waals surface area (Å²) < 4.78 is 2.28. The van der Waals surface area contributed by atoms with E-state index in [0.717, 1.165) is 23.1 Å². The molecule has 6 nitrogen and oxygen atoms in total. The lowest BCUT2D eigenvalue weighted by Gasteiger charge is -2.09. The first-order valence-electron chi connectivity index (χ1n) is 10.9. The van der Waals surface area contributed by atoms with Crippen LogP contribution >= 0.6 is 11.6 Å². The molecule has 0 saturated carbocycles. The number of hydrogen-bond acceptors (Lipinski definition) is 3. The molecule has 0 aliphatic rings. The molecule has 168 valence electrons. The van der Waals surface area contributed by atoms with E-state index in [4.69, 9.17) is 11.6 Å². The van der Waals surface area contributed by atoms with Gasteiger partial charge in [-0.15, -0.1) is 0 Å². The van der Waals surface area contributed by atoms with Crippen LogP contribution in [0.1, 0.15) is 30.9 Å². The molecule has 3 aromatic carbocycles. The minimum absolute atomic E-state index is 0.0335. The number of nitrogens with zero attached hydrogens (tertiary/aromatic N) is 2. The SMILES string of the molecule is CCn1c2ccccc2c2cc(/C=N/NC(=O)CCC(=O)Nc3cccc(Cl)c3C)ccc21. The molecule has 33 heavy (non-hydrogen) atoms. The number of para-hydroxylation sites is 1. The van der Waals surface area contributed by atoms with Crippen LogP contribution in [0.4, 0.5) is 5.69 Å².